The predicted octanol–water partition coefficient (Wildman–Crippen LogP) is 1.56. The molecule has 0 aliphatic heterocycles. The lowest BCUT2D eigenvalue weighted by atomic mass is 10.2. The van der Waals surface area contributed by atoms with Gasteiger partial charge in [0.2, 0.25) is 0 Å². The lowest BCUT2D eigenvalue weighted by Crippen LogP contribution is -2.35. The van der Waals surface area contributed by atoms with Crippen LogP contribution in [0.1, 0.15) is 12.0 Å². The van der Waals surface area contributed by atoms with E-state index in [-0.39, 0.29) is 0 Å². The summed E-state index contributed by atoms with van der Waals surface area (Å²) < 4.78 is 0. The van der Waals surface area contributed by atoms with Crippen molar-refractivity contribution < 1.29 is 0 Å². The third-order valence-electron chi connectivity index (χ3n) is 1.82. The zero-order valence-corrected chi connectivity index (χ0v) is 9.18. The van der Waals surface area contributed by atoms with Gasteiger partial charge in [-0.25, -0.2) is 0 Å². The molecule has 4 heteroatoms. The van der Waals surface area contributed by atoms with Gasteiger partial charge in [0.25, 0.3) is 0 Å². The Balaban J connectivity index is 2.20. The molecule has 1 aromatic carbocycles. The number of hydrogen-bond acceptors (Lipinski definition) is 2. The normalized spacial score (nSPS) is 9.00. The van der Waals surface area contributed by atoms with E-state index in [2.05, 4.69) is 10.6 Å². The van der Waals surface area contributed by atoms with Crippen LogP contribution in [0, 0.1) is 11.3 Å². The van der Waals surface area contributed by atoms with Crippen LogP contribution in [0.3, 0.4) is 0 Å². The minimum atomic E-state index is 0.465. The molecule has 1 rings (SSSR count). The van der Waals surface area contributed by atoms with Crippen LogP contribution >= 0.6 is 12.2 Å². The average Bonchev–Trinajstić information content (AvgIpc) is 2.28. The maximum absolute atomic E-state index is 8.33. The first-order valence-electron chi connectivity index (χ1n) is 4.75. The number of thiocarbonyl (C=S) groups is 1. The Kier molecular flexibility index (Phi) is 5.20. The Hall–Kier alpha value is -1.60. The quantitative estimate of drug-likeness (QED) is 0.596. The van der Waals surface area contributed by atoms with E-state index in [0.717, 1.165) is 0 Å². The predicted molar refractivity (Wildman–Crippen MR) is 64.1 cm³/mol. The monoisotopic (exact) mass is 219 g/mol. The SMILES string of the molecule is N#CCCNC(=S)NCc1ccccc1. The van der Waals surface area contributed by atoms with Gasteiger partial charge in [-0.05, 0) is 17.8 Å². The molecule has 0 heterocycles. The highest BCUT2D eigenvalue weighted by molar-refractivity contribution is 7.80. The second-order valence-electron chi connectivity index (χ2n) is 3.00. The summed E-state index contributed by atoms with van der Waals surface area (Å²) in [6.45, 7) is 1.30. The molecule has 15 heavy (non-hydrogen) atoms. The average molecular weight is 219 g/mol. The van der Waals surface area contributed by atoms with Gasteiger partial charge in [-0.3, -0.25) is 0 Å². The Bertz CT molecular complexity index is 343. The standard InChI is InChI=1S/C11H13N3S/c12-7-4-8-13-11(15)14-9-10-5-2-1-3-6-10/h1-3,5-6H,4,8-9H2,(H2,13,14,15). The lowest BCUT2D eigenvalue weighted by Gasteiger charge is -2.08. The van der Waals surface area contributed by atoms with Crippen molar-refractivity contribution in [2.75, 3.05) is 6.54 Å². The molecular formula is C11H13N3S. The number of rotatable bonds is 4. The van der Waals surface area contributed by atoms with Gasteiger partial charge in [0.15, 0.2) is 5.11 Å². The van der Waals surface area contributed by atoms with Crippen molar-refractivity contribution in [1.82, 2.24) is 10.6 Å². The zero-order chi connectivity index (χ0) is 10.9. The smallest absolute Gasteiger partial charge is 0.166 e. The molecule has 0 aromatic heterocycles. The van der Waals surface area contributed by atoms with Crippen molar-refractivity contribution in [3.8, 4) is 6.07 Å². The molecule has 0 bridgehead atoms. The third-order valence-corrected chi connectivity index (χ3v) is 2.11. The summed E-state index contributed by atoms with van der Waals surface area (Å²) in [6, 6.07) is 12.1. The highest BCUT2D eigenvalue weighted by atomic mass is 32.1. The van der Waals surface area contributed by atoms with Crippen molar-refractivity contribution in [1.29, 1.82) is 5.26 Å². The summed E-state index contributed by atoms with van der Waals surface area (Å²) in [7, 11) is 0. The van der Waals surface area contributed by atoms with E-state index in [4.69, 9.17) is 17.5 Å². The number of nitriles is 1. The van der Waals surface area contributed by atoms with Crippen molar-refractivity contribution in [2.24, 2.45) is 0 Å². The maximum atomic E-state index is 8.33. The van der Waals surface area contributed by atoms with Crippen LogP contribution in [0.5, 0.6) is 0 Å². The maximum Gasteiger partial charge on any atom is 0.166 e. The fourth-order valence-electron chi connectivity index (χ4n) is 1.07. The molecule has 0 saturated heterocycles. The van der Waals surface area contributed by atoms with Gasteiger partial charge in [-0.15, -0.1) is 0 Å². The highest BCUT2D eigenvalue weighted by Gasteiger charge is 1.94. The summed E-state index contributed by atoms with van der Waals surface area (Å²) in [5, 5.41) is 14.9. The van der Waals surface area contributed by atoms with Crippen LogP contribution in [0.15, 0.2) is 30.3 Å². The van der Waals surface area contributed by atoms with Crippen LogP contribution in [0.4, 0.5) is 0 Å². The number of benzene rings is 1. The molecular weight excluding hydrogens is 206 g/mol. The Morgan fingerprint density at radius 1 is 1.27 bits per heavy atom. The molecule has 1 aromatic rings. The largest absolute Gasteiger partial charge is 0.362 e. The molecule has 0 fully saturated rings. The highest BCUT2D eigenvalue weighted by Crippen LogP contribution is 1.96. The summed E-state index contributed by atoms with van der Waals surface area (Å²) in [5.41, 5.74) is 1.18. The second kappa shape index (κ2) is 6.80. The molecule has 0 aliphatic carbocycles. The Labute approximate surface area is 95.1 Å². The van der Waals surface area contributed by atoms with E-state index in [0.29, 0.717) is 24.6 Å². The molecule has 3 nitrogen and oxygen atoms in total. The van der Waals surface area contributed by atoms with Crippen LogP contribution < -0.4 is 10.6 Å². The van der Waals surface area contributed by atoms with Gasteiger partial charge in [0.05, 0.1) is 12.5 Å². The molecule has 0 amide bonds. The Morgan fingerprint density at radius 2 is 2.00 bits per heavy atom. The Morgan fingerprint density at radius 3 is 2.67 bits per heavy atom. The van der Waals surface area contributed by atoms with Crippen LogP contribution in [-0.2, 0) is 6.54 Å². The minimum absolute atomic E-state index is 0.465. The first-order chi connectivity index (χ1) is 7.33. The molecule has 0 spiro atoms. The zero-order valence-electron chi connectivity index (χ0n) is 8.36. The van der Waals surface area contributed by atoms with Gasteiger partial charge in [-0.1, -0.05) is 30.3 Å². The van der Waals surface area contributed by atoms with E-state index in [9.17, 15) is 0 Å². The van der Waals surface area contributed by atoms with Crippen molar-refractivity contribution in [2.45, 2.75) is 13.0 Å². The number of hydrogen-bond donors (Lipinski definition) is 2. The van der Waals surface area contributed by atoms with Gasteiger partial charge < -0.3 is 10.6 Å². The second-order valence-corrected chi connectivity index (χ2v) is 3.41. The van der Waals surface area contributed by atoms with Crippen LogP contribution in [0.2, 0.25) is 0 Å². The van der Waals surface area contributed by atoms with Gasteiger partial charge >= 0.3 is 0 Å². The number of nitrogens with zero attached hydrogens (tertiary/aromatic N) is 1. The van der Waals surface area contributed by atoms with Gasteiger partial charge in [-0.2, -0.15) is 5.26 Å². The van der Waals surface area contributed by atoms with Crippen LogP contribution in [-0.4, -0.2) is 11.7 Å². The lowest BCUT2D eigenvalue weighted by molar-refractivity contribution is 0.829. The molecule has 0 saturated carbocycles. The van der Waals surface area contributed by atoms with E-state index >= 15 is 0 Å². The van der Waals surface area contributed by atoms with Gasteiger partial charge in [0.1, 0.15) is 0 Å². The summed E-state index contributed by atoms with van der Waals surface area (Å²) in [6.07, 6.45) is 0.465. The van der Waals surface area contributed by atoms with Crippen molar-refractivity contribution in [3.05, 3.63) is 35.9 Å². The summed E-state index contributed by atoms with van der Waals surface area (Å²) >= 11 is 5.03. The molecule has 0 unspecified atom stereocenters. The van der Waals surface area contributed by atoms with E-state index < -0.39 is 0 Å². The first-order valence-corrected chi connectivity index (χ1v) is 5.16. The van der Waals surface area contributed by atoms with E-state index in [1.165, 1.54) is 5.56 Å². The summed E-state index contributed by atoms with van der Waals surface area (Å²) in [5.74, 6) is 0. The molecule has 78 valence electrons. The minimum Gasteiger partial charge on any atom is -0.362 e. The topological polar surface area (TPSA) is 47.9 Å². The molecule has 2 N–H and O–H groups in total. The number of nitrogens with one attached hydrogen (secondary N) is 2. The van der Waals surface area contributed by atoms with Crippen LogP contribution in [0.25, 0.3) is 0 Å². The molecule has 0 aliphatic rings. The molecule has 0 radical (unpaired) electrons. The first kappa shape index (κ1) is 11.5. The van der Waals surface area contributed by atoms with E-state index in [1.54, 1.807) is 0 Å². The van der Waals surface area contributed by atoms with Gasteiger partial charge in [0, 0.05) is 13.1 Å². The van der Waals surface area contributed by atoms with Crippen molar-refractivity contribution >= 4 is 17.3 Å². The summed E-state index contributed by atoms with van der Waals surface area (Å²) in [4.78, 5) is 0. The van der Waals surface area contributed by atoms with Crippen molar-refractivity contribution in [3.63, 3.8) is 0 Å². The molecule has 0 atom stereocenters. The fourth-order valence-corrected chi connectivity index (χ4v) is 1.25. The fraction of sp³-hybridized carbons (Fsp3) is 0.273. The van der Waals surface area contributed by atoms with E-state index in [1.807, 2.05) is 36.4 Å². The third kappa shape index (κ3) is 4.99.